The Kier molecular flexibility index (Phi) is 7.59. The van der Waals surface area contributed by atoms with Crippen molar-refractivity contribution in [3.8, 4) is 17.2 Å². The molecule has 0 spiro atoms. The highest BCUT2D eigenvalue weighted by atomic mass is 32.2. The van der Waals surface area contributed by atoms with E-state index in [1.54, 1.807) is 38.5 Å². The quantitative estimate of drug-likeness (QED) is 0.428. The Balaban J connectivity index is 1.30. The number of nitrogens with zero attached hydrogens (tertiary/aromatic N) is 2. The number of piperazine rings is 1. The molecule has 0 saturated carbocycles. The van der Waals surface area contributed by atoms with Crippen molar-refractivity contribution in [2.75, 3.05) is 45.3 Å². The zero-order valence-electron chi connectivity index (χ0n) is 19.5. The lowest BCUT2D eigenvalue weighted by atomic mass is 10.1. The molecule has 0 radical (unpaired) electrons. The van der Waals surface area contributed by atoms with Gasteiger partial charge in [0.15, 0.2) is 11.5 Å². The van der Waals surface area contributed by atoms with Crippen LogP contribution in [0.15, 0.2) is 72.8 Å². The van der Waals surface area contributed by atoms with E-state index in [0.29, 0.717) is 11.3 Å². The SMILES string of the molecule is COc1ccc(CN2CCN(c3ccc(OS(=O)(=O)Cc4ccccc4)cc3)CC2)cc1OC. The minimum atomic E-state index is -3.71. The van der Waals surface area contributed by atoms with Crippen molar-refractivity contribution in [3.63, 3.8) is 0 Å². The normalized spacial score (nSPS) is 14.6. The highest BCUT2D eigenvalue weighted by molar-refractivity contribution is 7.86. The van der Waals surface area contributed by atoms with Gasteiger partial charge in [0.25, 0.3) is 0 Å². The van der Waals surface area contributed by atoms with E-state index in [0.717, 1.165) is 49.9 Å². The highest BCUT2D eigenvalue weighted by Gasteiger charge is 2.19. The van der Waals surface area contributed by atoms with Crippen molar-refractivity contribution in [2.24, 2.45) is 0 Å². The Morgan fingerprint density at radius 1 is 0.765 bits per heavy atom. The van der Waals surface area contributed by atoms with E-state index >= 15 is 0 Å². The summed E-state index contributed by atoms with van der Waals surface area (Å²) in [6.45, 7) is 4.48. The third-order valence-corrected chi connectivity index (χ3v) is 6.97. The predicted molar refractivity (Wildman–Crippen MR) is 133 cm³/mol. The number of hydrogen-bond acceptors (Lipinski definition) is 7. The lowest BCUT2D eigenvalue weighted by molar-refractivity contribution is 0.249. The summed E-state index contributed by atoms with van der Waals surface area (Å²) < 4.78 is 40.8. The van der Waals surface area contributed by atoms with E-state index in [4.69, 9.17) is 13.7 Å². The number of benzene rings is 3. The fraction of sp³-hybridized carbons (Fsp3) is 0.308. The van der Waals surface area contributed by atoms with Crippen molar-refractivity contribution < 1.29 is 22.1 Å². The van der Waals surface area contributed by atoms with E-state index in [9.17, 15) is 8.42 Å². The first-order chi connectivity index (χ1) is 16.5. The summed E-state index contributed by atoms with van der Waals surface area (Å²) in [6, 6.07) is 22.3. The summed E-state index contributed by atoms with van der Waals surface area (Å²) in [7, 11) is -0.423. The zero-order valence-corrected chi connectivity index (χ0v) is 20.3. The Labute approximate surface area is 201 Å². The molecule has 1 heterocycles. The minimum Gasteiger partial charge on any atom is -0.493 e. The van der Waals surface area contributed by atoms with Gasteiger partial charge >= 0.3 is 10.1 Å². The van der Waals surface area contributed by atoms with E-state index in [-0.39, 0.29) is 5.75 Å². The lowest BCUT2D eigenvalue weighted by Crippen LogP contribution is -2.45. The second-order valence-corrected chi connectivity index (χ2v) is 9.79. The minimum absolute atomic E-state index is 0.155. The van der Waals surface area contributed by atoms with Crippen LogP contribution in [-0.2, 0) is 22.4 Å². The third-order valence-electron chi connectivity index (χ3n) is 5.84. The maximum absolute atomic E-state index is 12.4. The molecule has 34 heavy (non-hydrogen) atoms. The van der Waals surface area contributed by atoms with E-state index in [1.807, 2.05) is 42.5 Å². The van der Waals surface area contributed by atoms with E-state index < -0.39 is 10.1 Å². The molecule has 8 heteroatoms. The van der Waals surface area contributed by atoms with Gasteiger partial charge in [-0.05, 0) is 47.5 Å². The third kappa shape index (κ3) is 6.21. The van der Waals surface area contributed by atoms with Crippen molar-refractivity contribution in [1.29, 1.82) is 0 Å². The van der Waals surface area contributed by atoms with Gasteiger partial charge in [-0.15, -0.1) is 0 Å². The molecule has 3 aromatic rings. The zero-order chi connectivity index (χ0) is 24.0. The van der Waals surface area contributed by atoms with Crippen LogP contribution < -0.4 is 18.6 Å². The lowest BCUT2D eigenvalue weighted by Gasteiger charge is -2.36. The molecule has 7 nitrogen and oxygen atoms in total. The van der Waals surface area contributed by atoms with Gasteiger partial charge in [0.05, 0.1) is 14.2 Å². The molecule has 0 unspecified atom stereocenters. The van der Waals surface area contributed by atoms with Crippen molar-refractivity contribution in [3.05, 3.63) is 83.9 Å². The standard InChI is InChI=1S/C26H30N2O5S/c1-31-25-13-8-22(18-26(25)32-2)19-27-14-16-28(17-15-27)23-9-11-24(12-10-23)33-34(29,30)20-21-6-4-3-5-7-21/h3-13,18H,14-17,19-20H2,1-2H3. The van der Waals surface area contributed by atoms with Gasteiger partial charge in [0, 0.05) is 38.4 Å². The van der Waals surface area contributed by atoms with Gasteiger partial charge in [0.2, 0.25) is 0 Å². The van der Waals surface area contributed by atoms with Crippen LogP contribution in [0.2, 0.25) is 0 Å². The average molecular weight is 483 g/mol. The van der Waals surface area contributed by atoms with Crippen LogP contribution >= 0.6 is 0 Å². The van der Waals surface area contributed by atoms with Gasteiger partial charge < -0.3 is 18.6 Å². The van der Waals surface area contributed by atoms with Crippen LogP contribution in [0.1, 0.15) is 11.1 Å². The molecule has 0 aromatic heterocycles. The Morgan fingerprint density at radius 3 is 2.09 bits per heavy atom. The Bertz CT molecular complexity index is 1180. The molecule has 1 aliphatic heterocycles. The molecule has 0 aliphatic carbocycles. The Hall–Kier alpha value is -3.23. The fourth-order valence-electron chi connectivity index (χ4n) is 4.07. The molecule has 4 rings (SSSR count). The molecular weight excluding hydrogens is 452 g/mol. The number of anilines is 1. The van der Waals surface area contributed by atoms with Gasteiger partial charge in [-0.1, -0.05) is 36.4 Å². The van der Waals surface area contributed by atoms with Crippen molar-refractivity contribution in [1.82, 2.24) is 4.90 Å². The topological polar surface area (TPSA) is 68.3 Å². The molecule has 1 aliphatic rings. The number of ether oxygens (including phenoxy) is 2. The van der Waals surface area contributed by atoms with Crippen LogP contribution in [0.5, 0.6) is 17.2 Å². The smallest absolute Gasteiger partial charge is 0.313 e. The molecule has 0 bridgehead atoms. The summed E-state index contributed by atoms with van der Waals surface area (Å²) >= 11 is 0. The van der Waals surface area contributed by atoms with Crippen LogP contribution in [0.4, 0.5) is 5.69 Å². The highest BCUT2D eigenvalue weighted by Crippen LogP contribution is 2.28. The first-order valence-electron chi connectivity index (χ1n) is 11.2. The number of hydrogen-bond donors (Lipinski definition) is 0. The largest absolute Gasteiger partial charge is 0.493 e. The first-order valence-corrected chi connectivity index (χ1v) is 12.8. The molecule has 0 amide bonds. The summed E-state index contributed by atoms with van der Waals surface area (Å²) in [5.41, 5.74) is 2.94. The molecule has 0 N–H and O–H groups in total. The van der Waals surface area contributed by atoms with Crippen LogP contribution in [0.3, 0.4) is 0 Å². The summed E-state index contributed by atoms with van der Waals surface area (Å²) in [6.07, 6.45) is 0. The molecule has 1 saturated heterocycles. The maximum atomic E-state index is 12.4. The Morgan fingerprint density at radius 2 is 1.44 bits per heavy atom. The monoisotopic (exact) mass is 482 g/mol. The second kappa shape index (κ2) is 10.8. The molecule has 3 aromatic carbocycles. The average Bonchev–Trinajstić information content (AvgIpc) is 2.85. The first kappa shape index (κ1) is 23.9. The van der Waals surface area contributed by atoms with E-state index in [2.05, 4.69) is 15.9 Å². The predicted octanol–water partition coefficient (Wildman–Crippen LogP) is 3.93. The number of methoxy groups -OCH3 is 2. The van der Waals surface area contributed by atoms with Crippen LogP contribution in [0, 0.1) is 0 Å². The molecular formula is C26H30N2O5S. The van der Waals surface area contributed by atoms with Gasteiger partial charge in [0.1, 0.15) is 11.5 Å². The maximum Gasteiger partial charge on any atom is 0.313 e. The van der Waals surface area contributed by atoms with Crippen LogP contribution in [0.25, 0.3) is 0 Å². The summed E-state index contributed by atoms with van der Waals surface area (Å²) in [5.74, 6) is 1.65. The van der Waals surface area contributed by atoms with Gasteiger partial charge in [-0.25, -0.2) is 0 Å². The fourth-order valence-corrected chi connectivity index (χ4v) is 5.13. The van der Waals surface area contributed by atoms with Gasteiger partial charge in [-0.2, -0.15) is 8.42 Å². The summed E-state index contributed by atoms with van der Waals surface area (Å²) in [5, 5.41) is 0. The second-order valence-electron chi connectivity index (χ2n) is 8.22. The summed E-state index contributed by atoms with van der Waals surface area (Å²) in [4.78, 5) is 4.71. The molecule has 0 atom stereocenters. The van der Waals surface area contributed by atoms with Gasteiger partial charge in [-0.3, -0.25) is 4.90 Å². The van der Waals surface area contributed by atoms with Crippen molar-refractivity contribution in [2.45, 2.75) is 12.3 Å². The van der Waals surface area contributed by atoms with Crippen molar-refractivity contribution >= 4 is 15.8 Å². The number of rotatable bonds is 9. The molecule has 180 valence electrons. The molecule has 1 fully saturated rings. The van der Waals surface area contributed by atoms with Crippen LogP contribution in [-0.4, -0.2) is 53.7 Å². The van der Waals surface area contributed by atoms with E-state index in [1.165, 1.54) is 5.56 Å².